The number of nitrogens with zero attached hydrogens (tertiary/aromatic N) is 2. The number of hydrogen-bond acceptors (Lipinski definition) is 2. The molecule has 0 saturated carbocycles. The Balaban J connectivity index is 2.45. The maximum atomic E-state index is 11.8. The molecule has 7 heteroatoms. The third-order valence-corrected chi connectivity index (χ3v) is 2.35. The van der Waals surface area contributed by atoms with Crippen LogP contribution in [-0.4, -0.2) is 22.6 Å². The first-order valence-corrected chi connectivity index (χ1v) is 5.66. The molecule has 0 spiro atoms. The lowest BCUT2D eigenvalue weighted by Gasteiger charge is -2.06. The lowest BCUT2D eigenvalue weighted by molar-refractivity contribution is -0.176. The Morgan fingerprint density at radius 3 is 2.76 bits per heavy atom. The summed E-state index contributed by atoms with van der Waals surface area (Å²) in [6.45, 7) is 1.23. The van der Waals surface area contributed by atoms with Crippen molar-refractivity contribution in [2.24, 2.45) is 0 Å². The lowest BCUT2D eigenvalue weighted by Crippen LogP contribution is -2.17. The van der Waals surface area contributed by atoms with Gasteiger partial charge in [-0.1, -0.05) is 24.9 Å². The van der Waals surface area contributed by atoms with E-state index in [4.69, 9.17) is 11.6 Å². The first-order chi connectivity index (χ1) is 7.92. The zero-order valence-electron chi connectivity index (χ0n) is 9.43. The van der Waals surface area contributed by atoms with Gasteiger partial charge in [0.05, 0.1) is 11.6 Å². The fourth-order valence-electron chi connectivity index (χ4n) is 1.23. The van der Waals surface area contributed by atoms with Crippen LogP contribution in [0.1, 0.15) is 25.5 Å². The summed E-state index contributed by atoms with van der Waals surface area (Å²) in [5, 5.41) is 4.40. The van der Waals surface area contributed by atoms with Crippen LogP contribution in [0.25, 0.3) is 0 Å². The summed E-state index contributed by atoms with van der Waals surface area (Å²) in [6.07, 6.45) is -0.765. The van der Waals surface area contributed by atoms with E-state index >= 15 is 0 Å². The maximum Gasteiger partial charge on any atom is 0.411 e. The van der Waals surface area contributed by atoms with Gasteiger partial charge in [0.15, 0.2) is 0 Å². The quantitative estimate of drug-likeness (QED) is 0.792. The second-order valence-corrected chi connectivity index (χ2v) is 4.06. The van der Waals surface area contributed by atoms with E-state index in [0.717, 1.165) is 12.8 Å². The van der Waals surface area contributed by atoms with Gasteiger partial charge < -0.3 is 4.74 Å². The van der Waals surface area contributed by atoms with E-state index in [9.17, 15) is 13.2 Å². The first-order valence-electron chi connectivity index (χ1n) is 5.28. The number of hydrogen-bond donors (Lipinski definition) is 0. The maximum absolute atomic E-state index is 11.8. The Bertz CT molecular complexity index is 352. The van der Waals surface area contributed by atoms with Crippen LogP contribution in [-0.2, 0) is 17.9 Å². The van der Waals surface area contributed by atoms with Gasteiger partial charge in [0.1, 0.15) is 12.3 Å². The van der Waals surface area contributed by atoms with Crippen molar-refractivity contribution < 1.29 is 17.9 Å². The van der Waals surface area contributed by atoms with E-state index in [1.165, 1.54) is 0 Å². The van der Waals surface area contributed by atoms with Crippen LogP contribution >= 0.6 is 11.6 Å². The van der Waals surface area contributed by atoms with Gasteiger partial charge in [-0.05, 0) is 6.42 Å². The van der Waals surface area contributed by atoms with Crippen molar-refractivity contribution in [2.45, 2.75) is 39.1 Å². The summed E-state index contributed by atoms with van der Waals surface area (Å²) in [6, 6.07) is 0. The highest BCUT2D eigenvalue weighted by molar-refractivity contribution is 6.31. The summed E-state index contributed by atoms with van der Waals surface area (Å²) in [5.74, 6) is 0. The van der Waals surface area contributed by atoms with Crippen LogP contribution in [0.5, 0.6) is 0 Å². The van der Waals surface area contributed by atoms with Gasteiger partial charge in [-0.25, -0.2) is 0 Å². The zero-order valence-corrected chi connectivity index (χ0v) is 10.2. The molecule has 0 aliphatic heterocycles. The van der Waals surface area contributed by atoms with Crippen molar-refractivity contribution in [3.05, 3.63) is 16.9 Å². The van der Waals surface area contributed by atoms with Gasteiger partial charge in [-0.3, -0.25) is 4.68 Å². The summed E-state index contributed by atoms with van der Waals surface area (Å²) in [4.78, 5) is 0. The van der Waals surface area contributed by atoms with Crippen LogP contribution in [0.15, 0.2) is 6.20 Å². The molecular formula is C10H14ClF3N2O. The highest BCUT2D eigenvalue weighted by Crippen LogP contribution is 2.18. The molecule has 1 heterocycles. The standard InChI is InChI=1S/C10H14ClF3N2O/c1-2-3-4-16-5-8(11)9(15-16)6-17-7-10(12,13)14/h5H,2-4,6-7H2,1H3. The third kappa shape index (κ3) is 5.41. The Morgan fingerprint density at radius 2 is 2.18 bits per heavy atom. The molecule has 1 aromatic heterocycles. The largest absolute Gasteiger partial charge is 0.411 e. The fourth-order valence-corrected chi connectivity index (χ4v) is 1.44. The van der Waals surface area contributed by atoms with Gasteiger partial charge in [0, 0.05) is 12.7 Å². The van der Waals surface area contributed by atoms with Crippen LogP contribution in [0.2, 0.25) is 5.02 Å². The van der Waals surface area contributed by atoms with Crippen molar-refractivity contribution in [3.8, 4) is 0 Å². The molecular weight excluding hydrogens is 257 g/mol. The molecule has 0 unspecified atom stereocenters. The Morgan fingerprint density at radius 1 is 1.47 bits per heavy atom. The highest BCUT2D eigenvalue weighted by Gasteiger charge is 2.27. The predicted octanol–water partition coefficient (Wildman–Crippen LogP) is 3.42. The summed E-state index contributed by atoms with van der Waals surface area (Å²) < 4.78 is 41.7. The van der Waals surface area contributed by atoms with Crippen LogP contribution in [0.3, 0.4) is 0 Å². The fraction of sp³-hybridized carbons (Fsp3) is 0.700. The SMILES string of the molecule is CCCCn1cc(Cl)c(COCC(F)(F)F)n1. The Labute approximate surface area is 103 Å². The minimum Gasteiger partial charge on any atom is -0.366 e. The minimum absolute atomic E-state index is 0.225. The summed E-state index contributed by atoms with van der Waals surface area (Å²) in [5.41, 5.74) is 0.340. The lowest BCUT2D eigenvalue weighted by atomic mass is 10.3. The minimum atomic E-state index is -4.32. The van der Waals surface area contributed by atoms with Crippen LogP contribution < -0.4 is 0 Å². The number of alkyl halides is 3. The van der Waals surface area contributed by atoms with Gasteiger partial charge in [-0.2, -0.15) is 18.3 Å². The average Bonchev–Trinajstić information content (AvgIpc) is 2.55. The molecule has 0 radical (unpaired) electrons. The molecule has 0 aliphatic carbocycles. The number of aryl methyl sites for hydroxylation is 1. The van der Waals surface area contributed by atoms with Crippen molar-refractivity contribution in [2.75, 3.05) is 6.61 Å². The Kier molecular flexibility index (Phi) is 5.27. The predicted molar refractivity (Wildman–Crippen MR) is 57.9 cm³/mol. The number of ether oxygens (including phenoxy) is 1. The number of aromatic nitrogens is 2. The molecule has 0 bridgehead atoms. The molecule has 0 atom stereocenters. The van der Waals surface area contributed by atoms with E-state index in [2.05, 4.69) is 9.84 Å². The molecule has 0 N–H and O–H groups in total. The molecule has 1 aromatic rings. The second kappa shape index (κ2) is 6.26. The van der Waals surface area contributed by atoms with Crippen LogP contribution in [0.4, 0.5) is 13.2 Å². The molecule has 0 fully saturated rings. The number of unbranched alkanes of at least 4 members (excludes halogenated alkanes) is 1. The molecule has 0 amide bonds. The van der Waals surface area contributed by atoms with Crippen molar-refractivity contribution in [1.29, 1.82) is 0 Å². The van der Waals surface area contributed by atoms with Gasteiger partial charge in [-0.15, -0.1) is 0 Å². The van der Waals surface area contributed by atoms with Gasteiger partial charge in [0.2, 0.25) is 0 Å². The topological polar surface area (TPSA) is 27.1 Å². The molecule has 17 heavy (non-hydrogen) atoms. The van der Waals surface area contributed by atoms with E-state index in [-0.39, 0.29) is 6.61 Å². The highest BCUT2D eigenvalue weighted by atomic mass is 35.5. The first kappa shape index (κ1) is 14.3. The van der Waals surface area contributed by atoms with Crippen molar-refractivity contribution in [3.63, 3.8) is 0 Å². The smallest absolute Gasteiger partial charge is 0.366 e. The molecule has 0 aromatic carbocycles. The monoisotopic (exact) mass is 270 g/mol. The van der Waals surface area contributed by atoms with E-state index in [1.54, 1.807) is 10.9 Å². The zero-order chi connectivity index (χ0) is 12.9. The molecule has 0 aliphatic rings. The summed E-state index contributed by atoms with van der Waals surface area (Å²) >= 11 is 5.83. The molecule has 1 rings (SSSR count). The van der Waals surface area contributed by atoms with Crippen LogP contribution in [0, 0.1) is 0 Å². The molecule has 3 nitrogen and oxygen atoms in total. The Hall–Kier alpha value is -0.750. The molecule has 0 saturated heterocycles. The molecule has 98 valence electrons. The second-order valence-electron chi connectivity index (χ2n) is 3.65. The van der Waals surface area contributed by atoms with Gasteiger partial charge >= 0.3 is 6.18 Å². The third-order valence-electron chi connectivity index (χ3n) is 2.03. The van der Waals surface area contributed by atoms with E-state index < -0.39 is 12.8 Å². The van der Waals surface area contributed by atoms with Gasteiger partial charge in [0.25, 0.3) is 0 Å². The van der Waals surface area contributed by atoms with E-state index in [1.807, 2.05) is 6.92 Å². The van der Waals surface area contributed by atoms with E-state index in [0.29, 0.717) is 17.3 Å². The van der Waals surface area contributed by atoms with Crippen molar-refractivity contribution >= 4 is 11.6 Å². The normalized spacial score (nSPS) is 12.1. The van der Waals surface area contributed by atoms with Crippen molar-refractivity contribution in [1.82, 2.24) is 9.78 Å². The number of halogens is 4. The number of rotatable bonds is 6. The average molecular weight is 271 g/mol. The summed E-state index contributed by atoms with van der Waals surface area (Å²) in [7, 11) is 0.